The Morgan fingerprint density at radius 2 is 1.93 bits per heavy atom. The van der Waals surface area contributed by atoms with Crippen LogP contribution in [0, 0.1) is 5.92 Å². The van der Waals surface area contributed by atoms with Crippen LogP contribution in [0.4, 0.5) is 13.2 Å². The third-order valence-electron chi connectivity index (χ3n) is 5.24. The van der Waals surface area contributed by atoms with E-state index < -0.39 is 18.1 Å². The number of hydrogen-bond donors (Lipinski definition) is 2. The van der Waals surface area contributed by atoms with Crippen molar-refractivity contribution in [2.75, 3.05) is 6.54 Å². The predicted molar refractivity (Wildman–Crippen MR) is 106 cm³/mol. The third-order valence-corrected chi connectivity index (χ3v) is 5.24. The lowest BCUT2D eigenvalue weighted by atomic mass is 9.87. The van der Waals surface area contributed by atoms with Crippen molar-refractivity contribution in [3.63, 3.8) is 0 Å². The first-order chi connectivity index (χ1) is 14.3. The van der Waals surface area contributed by atoms with Crippen molar-refractivity contribution < 1.29 is 27.8 Å². The molecule has 162 valence electrons. The summed E-state index contributed by atoms with van der Waals surface area (Å²) in [6.45, 7) is 0.956. The molecule has 1 aliphatic carbocycles. The van der Waals surface area contributed by atoms with Crippen LogP contribution in [0.2, 0.25) is 0 Å². The van der Waals surface area contributed by atoms with E-state index in [-0.39, 0.29) is 25.4 Å². The minimum Gasteiger partial charge on any atom is -0.489 e. The first-order valence-corrected chi connectivity index (χ1v) is 10.0. The van der Waals surface area contributed by atoms with E-state index in [1.807, 2.05) is 30.3 Å². The summed E-state index contributed by atoms with van der Waals surface area (Å²) in [7, 11) is 0. The van der Waals surface area contributed by atoms with Crippen LogP contribution >= 0.6 is 0 Å². The van der Waals surface area contributed by atoms with Gasteiger partial charge in [0, 0.05) is 18.7 Å². The Labute approximate surface area is 173 Å². The van der Waals surface area contributed by atoms with Gasteiger partial charge >= 0.3 is 12.1 Å². The summed E-state index contributed by atoms with van der Waals surface area (Å²) in [5.41, 5.74) is 2.70. The van der Waals surface area contributed by atoms with E-state index in [1.54, 1.807) is 12.3 Å². The number of alkyl halides is 3. The fourth-order valence-corrected chi connectivity index (χ4v) is 3.59. The molecule has 0 spiro atoms. The lowest BCUT2D eigenvalue weighted by molar-refractivity contribution is -0.185. The highest BCUT2D eigenvalue weighted by molar-refractivity contribution is 5.66. The summed E-state index contributed by atoms with van der Waals surface area (Å²) >= 11 is 0. The SMILES string of the molecule is O=C(O)CCNCc1cccc(-c2ccc(OC3CCC(C(F)(F)F)CC3)cn2)c1. The zero-order chi connectivity index (χ0) is 21.6. The highest BCUT2D eigenvalue weighted by Crippen LogP contribution is 2.38. The number of pyridine rings is 1. The van der Waals surface area contributed by atoms with Gasteiger partial charge in [0.25, 0.3) is 0 Å². The molecule has 0 aliphatic heterocycles. The van der Waals surface area contributed by atoms with Crippen LogP contribution < -0.4 is 10.1 Å². The summed E-state index contributed by atoms with van der Waals surface area (Å²) in [5.74, 6) is -1.50. The Kier molecular flexibility index (Phi) is 7.31. The molecule has 30 heavy (non-hydrogen) atoms. The van der Waals surface area contributed by atoms with Crippen LogP contribution in [0.1, 0.15) is 37.7 Å². The Balaban J connectivity index is 1.53. The minimum absolute atomic E-state index is 0.0700. The summed E-state index contributed by atoms with van der Waals surface area (Å²) in [5, 5.41) is 11.8. The highest BCUT2D eigenvalue weighted by atomic mass is 19.4. The molecule has 1 heterocycles. The smallest absolute Gasteiger partial charge is 0.391 e. The van der Waals surface area contributed by atoms with Crippen LogP contribution in [-0.2, 0) is 11.3 Å². The topological polar surface area (TPSA) is 71.5 Å². The Morgan fingerprint density at radius 1 is 1.17 bits per heavy atom. The summed E-state index contributed by atoms with van der Waals surface area (Å²) in [4.78, 5) is 15.0. The minimum atomic E-state index is -4.12. The summed E-state index contributed by atoms with van der Waals surface area (Å²) in [6, 6.07) is 11.4. The largest absolute Gasteiger partial charge is 0.489 e. The van der Waals surface area contributed by atoms with Gasteiger partial charge in [-0.3, -0.25) is 9.78 Å². The zero-order valence-corrected chi connectivity index (χ0v) is 16.5. The van der Waals surface area contributed by atoms with Gasteiger partial charge in [0.2, 0.25) is 0 Å². The van der Waals surface area contributed by atoms with Gasteiger partial charge in [0.05, 0.1) is 30.3 Å². The lowest BCUT2D eigenvalue weighted by Gasteiger charge is -2.30. The number of nitrogens with zero attached hydrogens (tertiary/aromatic N) is 1. The standard InChI is InChI=1S/C22H25F3N2O3/c23-22(24,25)17-4-6-18(7-5-17)30-19-8-9-20(27-14-19)16-3-1-2-15(12-16)13-26-11-10-21(28)29/h1-3,8-9,12,14,17-18,26H,4-7,10-11,13H2,(H,28,29). The molecule has 5 nitrogen and oxygen atoms in total. The van der Waals surface area contributed by atoms with Gasteiger partial charge in [-0.25, -0.2) is 0 Å². The molecule has 0 amide bonds. The molecule has 0 saturated heterocycles. The summed E-state index contributed by atoms with van der Waals surface area (Å²) in [6.07, 6.45) is -1.67. The van der Waals surface area contributed by atoms with Crippen LogP contribution in [-0.4, -0.2) is 34.9 Å². The van der Waals surface area contributed by atoms with Gasteiger partial charge < -0.3 is 15.2 Å². The molecule has 8 heteroatoms. The maximum atomic E-state index is 12.8. The van der Waals surface area contributed by atoms with Crippen molar-refractivity contribution >= 4 is 5.97 Å². The Bertz CT molecular complexity index is 832. The van der Waals surface area contributed by atoms with Crippen LogP contribution in [0.5, 0.6) is 5.75 Å². The molecule has 1 saturated carbocycles. The number of halogens is 3. The van der Waals surface area contributed by atoms with Crippen molar-refractivity contribution in [2.24, 2.45) is 5.92 Å². The van der Waals surface area contributed by atoms with Gasteiger partial charge in [0.1, 0.15) is 5.75 Å². The Hall–Kier alpha value is -2.61. The van der Waals surface area contributed by atoms with Crippen LogP contribution in [0.15, 0.2) is 42.6 Å². The zero-order valence-electron chi connectivity index (χ0n) is 16.5. The second-order valence-electron chi connectivity index (χ2n) is 7.53. The van der Waals surface area contributed by atoms with E-state index in [1.165, 1.54) is 0 Å². The molecule has 0 unspecified atom stereocenters. The molecule has 1 fully saturated rings. The number of benzene rings is 1. The van der Waals surface area contributed by atoms with Gasteiger partial charge in [-0.1, -0.05) is 18.2 Å². The van der Waals surface area contributed by atoms with Gasteiger partial charge in [-0.05, 0) is 49.4 Å². The molecule has 0 atom stereocenters. The first kappa shape index (κ1) is 22.1. The molecule has 0 bridgehead atoms. The number of carbonyl (C=O) groups is 1. The normalized spacial score (nSPS) is 19.4. The molecule has 1 aliphatic rings. The van der Waals surface area contributed by atoms with E-state index in [4.69, 9.17) is 9.84 Å². The second kappa shape index (κ2) is 9.93. The van der Waals surface area contributed by atoms with Crippen LogP contribution in [0.25, 0.3) is 11.3 Å². The van der Waals surface area contributed by atoms with Gasteiger partial charge in [-0.15, -0.1) is 0 Å². The number of carboxylic acids is 1. The van der Waals surface area contributed by atoms with Gasteiger partial charge in [-0.2, -0.15) is 13.2 Å². The van der Waals surface area contributed by atoms with Crippen molar-refractivity contribution in [3.8, 4) is 17.0 Å². The Morgan fingerprint density at radius 3 is 2.57 bits per heavy atom. The van der Waals surface area contributed by atoms with Crippen molar-refractivity contribution in [3.05, 3.63) is 48.2 Å². The van der Waals surface area contributed by atoms with E-state index in [2.05, 4.69) is 10.3 Å². The molecule has 0 radical (unpaired) electrons. The number of aliphatic carboxylic acids is 1. The average molecular weight is 422 g/mol. The average Bonchev–Trinajstić information content (AvgIpc) is 2.72. The maximum absolute atomic E-state index is 12.8. The number of hydrogen-bond acceptors (Lipinski definition) is 4. The lowest BCUT2D eigenvalue weighted by Crippen LogP contribution is -2.31. The molecular formula is C22H25F3N2O3. The first-order valence-electron chi connectivity index (χ1n) is 10.0. The predicted octanol–water partition coefficient (Wildman–Crippen LogP) is 4.81. The van der Waals surface area contributed by atoms with Crippen molar-refractivity contribution in [2.45, 2.75) is 50.9 Å². The molecule has 1 aromatic heterocycles. The van der Waals surface area contributed by atoms with E-state index in [9.17, 15) is 18.0 Å². The number of nitrogens with one attached hydrogen (secondary N) is 1. The molecule has 2 aromatic rings. The molecule has 2 N–H and O–H groups in total. The quantitative estimate of drug-likeness (QED) is 0.598. The number of rotatable bonds is 8. The second-order valence-corrected chi connectivity index (χ2v) is 7.53. The highest BCUT2D eigenvalue weighted by Gasteiger charge is 2.41. The third kappa shape index (κ3) is 6.45. The van der Waals surface area contributed by atoms with Crippen molar-refractivity contribution in [1.82, 2.24) is 10.3 Å². The van der Waals surface area contributed by atoms with Crippen molar-refractivity contribution in [1.29, 1.82) is 0 Å². The van der Waals surface area contributed by atoms with E-state index >= 15 is 0 Å². The molecule has 1 aromatic carbocycles. The molecule has 3 rings (SSSR count). The maximum Gasteiger partial charge on any atom is 0.391 e. The number of ether oxygens (including phenoxy) is 1. The monoisotopic (exact) mass is 422 g/mol. The number of carboxylic acid groups (broad SMARTS) is 1. The fraction of sp³-hybridized carbons (Fsp3) is 0.455. The van der Waals surface area contributed by atoms with Gasteiger partial charge in [0.15, 0.2) is 0 Å². The number of aromatic nitrogens is 1. The fourth-order valence-electron chi connectivity index (χ4n) is 3.59. The van der Waals surface area contributed by atoms with E-state index in [0.29, 0.717) is 31.7 Å². The summed E-state index contributed by atoms with van der Waals surface area (Å²) < 4.78 is 44.1. The van der Waals surface area contributed by atoms with Crippen LogP contribution in [0.3, 0.4) is 0 Å². The van der Waals surface area contributed by atoms with E-state index in [0.717, 1.165) is 16.8 Å². The molecular weight excluding hydrogens is 397 g/mol.